The van der Waals surface area contributed by atoms with Gasteiger partial charge in [0.05, 0.1) is 66.1 Å². The normalized spacial score (nSPS) is 9.93. The molecule has 0 aliphatic rings. The third-order valence-corrected chi connectivity index (χ3v) is 2.76. The molecule has 0 aliphatic heterocycles. The minimum atomic E-state index is -0.741. The third kappa shape index (κ3) is 21.7. The van der Waals surface area contributed by atoms with E-state index in [2.05, 4.69) is 19.1 Å². The van der Waals surface area contributed by atoms with Gasteiger partial charge in [-0.25, -0.2) is 9.59 Å². The van der Waals surface area contributed by atoms with E-state index >= 15 is 0 Å². The van der Waals surface area contributed by atoms with E-state index in [0.29, 0.717) is 65.3 Å². The Morgan fingerprint density at radius 1 is 0.517 bits per heavy atom. The highest BCUT2D eigenvalue weighted by Gasteiger charge is 2.02. The molecule has 29 heavy (non-hydrogen) atoms. The van der Waals surface area contributed by atoms with Gasteiger partial charge in [0.25, 0.3) is 0 Å². The Bertz CT molecular complexity index is 488. The molecule has 13 nitrogen and oxygen atoms in total. The van der Waals surface area contributed by atoms with Gasteiger partial charge in [0, 0.05) is 0 Å². The smallest absolute Gasteiger partial charge is 0.413 e. The van der Waals surface area contributed by atoms with Crippen LogP contribution in [0.4, 0.5) is 0 Å². The summed E-state index contributed by atoms with van der Waals surface area (Å²) in [5.41, 5.74) is 16.2. The van der Waals surface area contributed by atoms with Crippen LogP contribution in [0.5, 0.6) is 0 Å². The number of rotatable bonds is 20. The van der Waals surface area contributed by atoms with Crippen molar-refractivity contribution >= 4 is 24.4 Å². The average Bonchev–Trinajstić information content (AvgIpc) is 2.70. The first-order valence-electron chi connectivity index (χ1n) is 8.77. The topological polar surface area (TPSA) is 172 Å². The number of carbonyl (C=O) groups excluding carboxylic acids is 2. The molecule has 0 heterocycles. The molecule has 0 amide bonds. The van der Waals surface area contributed by atoms with E-state index in [-0.39, 0.29) is 26.4 Å². The fraction of sp³-hybridized carbons (Fsp3) is 0.750. The van der Waals surface area contributed by atoms with Gasteiger partial charge in [0.15, 0.2) is 0 Å². The van der Waals surface area contributed by atoms with Crippen molar-refractivity contribution in [1.29, 1.82) is 0 Å². The van der Waals surface area contributed by atoms with Gasteiger partial charge in [-0.3, -0.25) is 0 Å². The lowest BCUT2D eigenvalue weighted by Crippen LogP contribution is -2.16. The second-order valence-corrected chi connectivity index (χ2v) is 4.89. The fourth-order valence-electron chi connectivity index (χ4n) is 1.55. The summed E-state index contributed by atoms with van der Waals surface area (Å²) in [6.07, 6.45) is 1.31. The molecule has 0 radical (unpaired) electrons. The molecule has 164 valence electrons. The van der Waals surface area contributed by atoms with E-state index in [4.69, 9.17) is 34.7 Å². The van der Waals surface area contributed by atoms with Gasteiger partial charge in [0.1, 0.15) is 13.2 Å². The predicted molar refractivity (Wildman–Crippen MR) is 95.4 cm³/mol. The lowest BCUT2D eigenvalue weighted by atomic mass is 10.6. The van der Waals surface area contributed by atoms with Gasteiger partial charge in [0.2, 0.25) is 0 Å². The van der Waals surface area contributed by atoms with Crippen LogP contribution in [0.3, 0.4) is 0 Å². The first-order chi connectivity index (χ1) is 14.2. The van der Waals surface area contributed by atoms with Crippen molar-refractivity contribution < 1.29 is 52.3 Å². The molecule has 0 atom stereocenters. The van der Waals surface area contributed by atoms with Crippen LogP contribution in [0.25, 0.3) is 11.1 Å². The third-order valence-electron chi connectivity index (χ3n) is 2.76. The van der Waals surface area contributed by atoms with Crippen molar-refractivity contribution in [2.24, 2.45) is 0 Å². The van der Waals surface area contributed by atoms with Crippen molar-refractivity contribution in [1.82, 2.24) is 0 Å². The Balaban J connectivity index is 3.13. The maximum atomic E-state index is 10.8. The van der Waals surface area contributed by atoms with Crippen LogP contribution in [0.1, 0.15) is 0 Å². The molecule has 0 aromatic rings. The van der Waals surface area contributed by atoms with Gasteiger partial charge in [-0.15, -0.1) is 0 Å². The molecule has 0 saturated carbocycles. The number of carbonyl (C=O) groups is 2. The van der Waals surface area contributed by atoms with E-state index in [1.54, 1.807) is 0 Å². The van der Waals surface area contributed by atoms with Crippen molar-refractivity contribution in [3.05, 3.63) is 11.1 Å². The van der Waals surface area contributed by atoms with Gasteiger partial charge >= 0.3 is 24.4 Å². The summed E-state index contributed by atoms with van der Waals surface area (Å²) in [5.74, 6) is -1.48. The first-order valence-corrected chi connectivity index (χ1v) is 8.77. The summed E-state index contributed by atoms with van der Waals surface area (Å²) < 4.78 is 35.5. The summed E-state index contributed by atoms with van der Waals surface area (Å²) in [7, 11) is 0. The molecule has 0 bridgehead atoms. The second-order valence-electron chi connectivity index (χ2n) is 4.89. The van der Waals surface area contributed by atoms with Crippen LogP contribution in [0.15, 0.2) is 0 Å². The maximum absolute atomic E-state index is 10.8. The highest BCUT2D eigenvalue weighted by atomic mass is 16.6. The van der Waals surface area contributed by atoms with Crippen molar-refractivity contribution in [2.45, 2.75) is 0 Å². The van der Waals surface area contributed by atoms with Crippen molar-refractivity contribution in [3.8, 4) is 0 Å². The quantitative estimate of drug-likeness (QED) is 0.0770. The molecule has 0 rings (SSSR count). The number of nitrogens with zero attached hydrogens (tertiary/aromatic N) is 4. The van der Waals surface area contributed by atoms with E-state index in [1.165, 1.54) is 0 Å². The fourth-order valence-corrected chi connectivity index (χ4v) is 1.55. The molecule has 0 spiro atoms. The lowest BCUT2D eigenvalue weighted by molar-refractivity contribution is -0.141. The predicted octanol–water partition coefficient (Wildman–Crippen LogP) is -1.24. The SMILES string of the molecule is [N-]=[N+]=CC(=O)OCCOCCOCCOCCOCCOCCOC(=O)C=[N+]=[N-]. The van der Waals surface area contributed by atoms with Crippen LogP contribution in [0, 0.1) is 0 Å². The molecule has 0 fully saturated rings. The molecular weight excluding hydrogens is 392 g/mol. The molecule has 0 unspecified atom stereocenters. The van der Waals surface area contributed by atoms with Crippen molar-refractivity contribution in [3.63, 3.8) is 0 Å². The van der Waals surface area contributed by atoms with Crippen LogP contribution >= 0.6 is 0 Å². The van der Waals surface area contributed by atoms with Crippen LogP contribution < -0.4 is 0 Å². The molecule has 0 N–H and O–H groups in total. The van der Waals surface area contributed by atoms with E-state index in [9.17, 15) is 9.59 Å². The largest absolute Gasteiger partial charge is 0.455 e. The van der Waals surface area contributed by atoms with Crippen LogP contribution in [0.2, 0.25) is 0 Å². The van der Waals surface area contributed by atoms with E-state index < -0.39 is 11.9 Å². The van der Waals surface area contributed by atoms with Gasteiger partial charge in [-0.05, 0) is 0 Å². The summed E-state index contributed by atoms with van der Waals surface area (Å²) in [6, 6.07) is 0. The standard InChI is InChI=1S/C16H26N4O9/c17-19-13-15(21)28-11-9-26-7-5-24-3-1-23-2-4-25-6-8-27-10-12-29-16(22)14-20-18/h13-14H,1-12H2. The van der Waals surface area contributed by atoms with E-state index in [1.807, 2.05) is 0 Å². The van der Waals surface area contributed by atoms with Gasteiger partial charge in [-0.1, -0.05) is 0 Å². The number of ether oxygens (including phenoxy) is 7. The number of hydrogen-bond acceptors (Lipinski definition) is 9. The lowest BCUT2D eigenvalue weighted by Gasteiger charge is -2.08. The first kappa shape index (κ1) is 26.5. The Morgan fingerprint density at radius 3 is 1.00 bits per heavy atom. The zero-order chi connectivity index (χ0) is 21.4. The minimum absolute atomic E-state index is 0.0619. The molecule has 0 aromatic carbocycles. The zero-order valence-electron chi connectivity index (χ0n) is 16.1. The Hall–Kier alpha value is -2.50. The Labute approximate surface area is 167 Å². The zero-order valence-corrected chi connectivity index (χ0v) is 16.1. The highest BCUT2D eigenvalue weighted by molar-refractivity contribution is 6.20. The van der Waals surface area contributed by atoms with Gasteiger partial charge in [-0.2, -0.15) is 9.58 Å². The van der Waals surface area contributed by atoms with Gasteiger partial charge < -0.3 is 44.2 Å². The van der Waals surface area contributed by atoms with Crippen LogP contribution in [-0.2, 0) is 42.7 Å². The Kier molecular flexibility index (Phi) is 19.9. The summed E-state index contributed by atoms with van der Waals surface area (Å²) in [6.45, 7) is 3.68. The Morgan fingerprint density at radius 2 is 0.759 bits per heavy atom. The summed E-state index contributed by atoms with van der Waals surface area (Å²) in [4.78, 5) is 26.6. The van der Waals surface area contributed by atoms with Crippen molar-refractivity contribution in [2.75, 3.05) is 79.3 Å². The molecular formula is C16H26N4O9. The maximum Gasteiger partial charge on any atom is 0.413 e. The molecule has 13 heteroatoms. The molecule has 0 aliphatic carbocycles. The second kappa shape index (κ2) is 21.8. The van der Waals surface area contributed by atoms with E-state index in [0.717, 1.165) is 0 Å². The summed E-state index contributed by atoms with van der Waals surface area (Å²) >= 11 is 0. The summed E-state index contributed by atoms with van der Waals surface area (Å²) in [5, 5.41) is 0. The highest BCUT2D eigenvalue weighted by Crippen LogP contribution is 1.85. The number of hydrogen-bond donors (Lipinski definition) is 0. The number of esters is 2. The molecule has 0 aromatic heterocycles. The molecule has 0 saturated heterocycles. The monoisotopic (exact) mass is 418 g/mol. The average molecular weight is 418 g/mol. The minimum Gasteiger partial charge on any atom is -0.455 e. The van der Waals surface area contributed by atoms with Crippen LogP contribution in [-0.4, -0.2) is 113 Å².